The number of nitrogens with one attached hydrogen (secondary N) is 1. The monoisotopic (exact) mass is 529 g/mol. The van der Waals surface area contributed by atoms with Gasteiger partial charge in [0.2, 0.25) is 0 Å². The fourth-order valence-electron chi connectivity index (χ4n) is 4.58. The van der Waals surface area contributed by atoms with E-state index in [0.29, 0.717) is 30.9 Å². The Morgan fingerprint density at radius 1 is 0.974 bits per heavy atom. The standard InChI is InChI=1S/C30H32ClN5O2/c31-28-12-10-26(11-13-28)30(25-7-2-1-3-8-25)36-18-16-35(17-19-36)20-21-37-29-14-9-24(22-27(29)23-32)6-4-5-15-34-38-33/h1-3,7-14,22,30,34H,5,15-21,33H2/t30-/m1/s1. The first-order valence-electron chi connectivity index (χ1n) is 12.7. The third-order valence-corrected chi connectivity index (χ3v) is 6.76. The average molecular weight is 530 g/mol. The summed E-state index contributed by atoms with van der Waals surface area (Å²) in [7, 11) is 0. The van der Waals surface area contributed by atoms with Gasteiger partial charge >= 0.3 is 0 Å². The number of rotatable bonds is 10. The number of halogens is 1. The van der Waals surface area contributed by atoms with E-state index in [1.54, 1.807) is 6.07 Å². The predicted octanol–water partition coefficient (Wildman–Crippen LogP) is 4.13. The van der Waals surface area contributed by atoms with Crippen LogP contribution in [0.4, 0.5) is 0 Å². The second-order valence-corrected chi connectivity index (χ2v) is 9.41. The molecule has 1 fully saturated rings. The van der Waals surface area contributed by atoms with E-state index in [-0.39, 0.29) is 6.04 Å². The molecule has 3 aromatic carbocycles. The molecule has 0 bridgehead atoms. The summed E-state index contributed by atoms with van der Waals surface area (Å²) in [4.78, 5) is 9.23. The van der Waals surface area contributed by atoms with Crippen molar-refractivity contribution in [1.29, 1.82) is 5.26 Å². The lowest BCUT2D eigenvalue weighted by Crippen LogP contribution is -2.48. The van der Waals surface area contributed by atoms with Crippen LogP contribution in [-0.2, 0) is 4.94 Å². The van der Waals surface area contributed by atoms with Gasteiger partial charge in [0.05, 0.1) is 11.6 Å². The summed E-state index contributed by atoms with van der Waals surface area (Å²) < 4.78 is 5.99. The van der Waals surface area contributed by atoms with Crippen molar-refractivity contribution in [3.8, 4) is 23.7 Å². The molecule has 1 saturated heterocycles. The van der Waals surface area contributed by atoms with Crippen molar-refractivity contribution in [1.82, 2.24) is 15.3 Å². The van der Waals surface area contributed by atoms with Crippen molar-refractivity contribution in [2.75, 3.05) is 45.9 Å². The van der Waals surface area contributed by atoms with Crippen LogP contribution < -0.4 is 16.1 Å². The highest BCUT2D eigenvalue weighted by atomic mass is 35.5. The van der Waals surface area contributed by atoms with Crippen molar-refractivity contribution >= 4 is 11.6 Å². The van der Waals surface area contributed by atoms with E-state index >= 15 is 0 Å². The largest absolute Gasteiger partial charge is 0.491 e. The molecule has 4 rings (SSSR count). The van der Waals surface area contributed by atoms with E-state index in [2.05, 4.69) is 80.6 Å². The molecular weight excluding hydrogens is 498 g/mol. The number of hydroxylamine groups is 1. The topological polar surface area (TPSA) is 86.8 Å². The molecule has 0 saturated carbocycles. The minimum atomic E-state index is 0.192. The molecule has 3 N–H and O–H groups in total. The molecule has 1 heterocycles. The van der Waals surface area contributed by atoms with Gasteiger partial charge in [0.25, 0.3) is 0 Å². The number of hydrogen-bond donors (Lipinski definition) is 2. The number of piperazine rings is 1. The fourth-order valence-corrected chi connectivity index (χ4v) is 4.71. The summed E-state index contributed by atoms with van der Waals surface area (Å²) in [6.45, 7) is 5.64. The molecule has 38 heavy (non-hydrogen) atoms. The van der Waals surface area contributed by atoms with Crippen LogP contribution in [0, 0.1) is 23.2 Å². The average Bonchev–Trinajstić information content (AvgIpc) is 2.96. The van der Waals surface area contributed by atoms with Crippen molar-refractivity contribution in [3.05, 3.63) is 100 Å². The minimum Gasteiger partial charge on any atom is -0.491 e. The molecule has 8 heteroatoms. The van der Waals surface area contributed by atoms with Crippen molar-refractivity contribution in [3.63, 3.8) is 0 Å². The fraction of sp³-hybridized carbons (Fsp3) is 0.300. The molecule has 0 spiro atoms. The van der Waals surface area contributed by atoms with Gasteiger partial charge in [-0.2, -0.15) is 16.6 Å². The maximum atomic E-state index is 9.57. The van der Waals surface area contributed by atoms with E-state index in [9.17, 15) is 5.26 Å². The molecule has 0 amide bonds. The van der Waals surface area contributed by atoms with Crippen LogP contribution in [0.2, 0.25) is 5.02 Å². The Hall–Kier alpha value is -3.40. The van der Waals surface area contributed by atoms with Gasteiger partial charge in [0, 0.05) is 56.3 Å². The molecule has 1 atom stereocenters. The summed E-state index contributed by atoms with van der Waals surface area (Å²) in [5.74, 6) is 11.6. The zero-order valence-electron chi connectivity index (χ0n) is 21.3. The molecule has 3 aromatic rings. The van der Waals surface area contributed by atoms with Crippen LogP contribution in [0.3, 0.4) is 0 Å². The third-order valence-electron chi connectivity index (χ3n) is 6.51. The van der Waals surface area contributed by atoms with Gasteiger partial charge in [-0.15, -0.1) is 0 Å². The number of ether oxygens (including phenoxy) is 1. The summed E-state index contributed by atoms with van der Waals surface area (Å²) in [5, 5.41) is 10.3. The van der Waals surface area contributed by atoms with Gasteiger partial charge in [-0.1, -0.05) is 65.9 Å². The van der Waals surface area contributed by atoms with Gasteiger partial charge in [0.1, 0.15) is 18.4 Å². The zero-order valence-corrected chi connectivity index (χ0v) is 22.0. The van der Waals surface area contributed by atoms with E-state index < -0.39 is 0 Å². The maximum absolute atomic E-state index is 9.57. The van der Waals surface area contributed by atoms with Crippen molar-refractivity contribution in [2.24, 2.45) is 5.90 Å². The number of nitrogens with zero attached hydrogens (tertiary/aromatic N) is 3. The Labute approximate surface area is 229 Å². The summed E-state index contributed by atoms with van der Waals surface area (Å²) in [6.07, 6.45) is 0.580. The zero-order chi connectivity index (χ0) is 26.6. The molecule has 196 valence electrons. The van der Waals surface area contributed by atoms with Crippen LogP contribution in [-0.4, -0.2) is 55.7 Å². The first-order valence-corrected chi connectivity index (χ1v) is 13.1. The Morgan fingerprint density at radius 2 is 1.71 bits per heavy atom. The quantitative estimate of drug-likeness (QED) is 0.232. The van der Waals surface area contributed by atoms with Gasteiger partial charge in [-0.05, 0) is 41.5 Å². The molecule has 0 aromatic heterocycles. The van der Waals surface area contributed by atoms with E-state index in [1.165, 1.54) is 11.1 Å². The lowest BCUT2D eigenvalue weighted by Gasteiger charge is -2.39. The molecule has 1 aliphatic rings. The highest BCUT2D eigenvalue weighted by molar-refractivity contribution is 6.30. The number of nitriles is 1. The summed E-state index contributed by atoms with van der Waals surface area (Å²) >= 11 is 6.16. The van der Waals surface area contributed by atoms with Crippen LogP contribution in [0.25, 0.3) is 0 Å². The highest BCUT2D eigenvalue weighted by Crippen LogP contribution is 2.30. The van der Waals surface area contributed by atoms with E-state index in [4.69, 9.17) is 22.2 Å². The summed E-state index contributed by atoms with van der Waals surface area (Å²) in [6, 6.07) is 26.7. The molecular formula is C30H32ClN5O2. The molecule has 1 aliphatic heterocycles. The van der Waals surface area contributed by atoms with Gasteiger partial charge in [-0.25, -0.2) is 4.94 Å². The Kier molecular flexibility index (Phi) is 10.6. The first kappa shape index (κ1) is 27.6. The second kappa shape index (κ2) is 14.5. The van der Waals surface area contributed by atoms with Gasteiger partial charge < -0.3 is 4.74 Å². The molecule has 0 radical (unpaired) electrons. The second-order valence-electron chi connectivity index (χ2n) is 8.98. The number of nitrogens with two attached hydrogens (primary N) is 1. The summed E-state index contributed by atoms with van der Waals surface area (Å²) in [5.41, 5.74) is 6.32. The van der Waals surface area contributed by atoms with Crippen molar-refractivity contribution in [2.45, 2.75) is 12.5 Å². The van der Waals surface area contributed by atoms with Crippen LogP contribution in [0.1, 0.15) is 34.7 Å². The van der Waals surface area contributed by atoms with Crippen LogP contribution >= 0.6 is 11.6 Å². The van der Waals surface area contributed by atoms with Crippen LogP contribution in [0.5, 0.6) is 5.75 Å². The van der Waals surface area contributed by atoms with Crippen LogP contribution in [0.15, 0.2) is 72.8 Å². The SMILES string of the molecule is N#Cc1cc(C#CCCNON)ccc1OCCN1CCN([C@H](c2ccccc2)c2ccc(Cl)cc2)CC1. The maximum Gasteiger partial charge on any atom is 0.137 e. The predicted molar refractivity (Wildman–Crippen MR) is 149 cm³/mol. The molecule has 0 unspecified atom stereocenters. The van der Waals surface area contributed by atoms with E-state index in [1.807, 2.05) is 24.3 Å². The molecule has 0 aliphatic carbocycles. The lowest BCUT2D eigenvalue weighted by atomic mass is 9.96. The molecule has 7 nitrogen and oxygen atoms in total. The highest BCUT2D eigenvalue weighted by Gasteiger charge is 2.26. The van der Waals surface area contributed by atoms with Crippen molar-refractivity contribution < 1.29 is 9.68 Å². The Bertz CT molecular complexity index is 1260. The van der Waals surface area contributed by atoms with E-state index in [0.717, 1.165) is 43.3 Å². The number of hydrogen-bond acceptors (Lipinski definition) is 7. The normalized spacial score (nSPS) is 14.8. The number of benzene rings is 3. The third kappa shape index (κ3) is 7.80. The Balaban J connectivity index is 1.30. The smallest absolute Gasteiger partial charge is 0.137 e. The first-order chi connectivity index (χ1) is 18.7. The lowest BCUT2D eigenvalue weighted by molar-refractivity contribution is 0.0425. The minimum absolute atomic E-state index is 0.192. The van der Waals surface area contributed by atoms with Gasteiger partial charge in [0.15, 0.2) is 0 Å². The van der Waals surface area contributed by atoms with Gasteiger partial charge in [-0.3, -0.25) is 9.80 Å². The Morgan fingerprint density at radius 3 is 2.42 bits per heavy atom.